The Labute approximate surface area is 97.8 Å². The van der Waals surface area contributed by atoms with Gasteiger partial charge in [-0.3, -0.25) is 4.79 Å². The van der Waals surface area contributed by atoms with Crippen molar-refractivity contribution in [2.45, 2.75) is 26.1 Å². The van der Waals surface area contributed by atoms with E-state index in [-0.39, 0.29) is 18.2 Å². The average Bonchev–Trinajstić information content (AvgIpc) is 2.24. The number of rotatable bonds is 4. The van der Waals surface area contributed by atoms with Crippen molar-refractivity contribution in [1.82, 2.24) is 5.32 Å². The van der Waals surface area contributed by atoms with E-state index < -0.39 is 17.5 Å². The molecular weight excluding hydrogens is 231 g/mol. The highest BCUT2D eigenvalue weighted by molar-refractivity contribution is 5.99. The molecule has 0 bridgehead atoms. The van der Waals surface area contributed by atoms with Crippen LogP contribution in [0.5, 0.6) is 0 Å². The molecule has 0 spiro atoms. The van der Waals surface area contributed by atoms with Crippen LogP contribution >= 0.6 is 0 Å². The van der Waals surface area contributed by atoms with Crippen LogP contribution < -0.4 is 5.32 Å². The van der Waals surface area contributed by atoms with Gasteiger partial charge in [-0.1, -0.05) is 32.0 Å². The van der Waals surface area contributed by atoms with Gasteiger partial charge in [0.1, 0.15) is 0 Å². The molecule has 0 aliphatic rings. The maximum atomic E-state index is 12.6. The third-order valence-corrected chi connectivity index (χ3v) is 2.20. The molecule has 0 atom stereocenters. The van der Waals surface area contributed by atoms with Crippen LogP contribution in [0.25, 0.3) is 0 Å². The molecule has 0 heterocycles. The standard InChI is InChI=1S/C12H14F3NO/c1-8(2)16-7-11(17)9-5-3-4-6-10(9)12(13,14)15/h3-6,8,16H,7H2,1-2H3. The number of hydrogen-bond acceptors (Lipinski definition) is 2. The van der Waals surface area contributed by atoms with E-state index in [0.717, 1.165) is 6.07 Å². The maximum absolute atomic E-state index is 12.6. The number of nitrogens with one attached hydrogen (secondary N) is 1. The van der Waals surface area contributed by atoms with E-state index in [9.17, 15) is 18.0 Å². The fourth-order valence-electron chi connectivity index (χ4n) is 1.37. The van der Waals surface area contributed by atoms with Gasteiger partial charge in [-0.2, -0.15) is 13.2 Å². The van der Waals surface area contributed by atoms with Gasteiger partial charge in [0.25, 0.3) is 0 Å². The number of carbonyl (C=O) groups excluding carboxylic acids is 1. The summed E-state index contributed by atoms with van der Waals surface area (Å²) in [6, 6.07) is 4.88. The molecule has 0 aromatic heterocycles. The average molecular weight is 245 g/mol. The van der Waals surface area contributed by atoms with E-state index in [1.165, 1.54) is 18.2 Å². The zero-order chi connectivity index (χ0) is 13.1. The highest BCUT2D eigenvalue weighted by atomic mass is 19.4. The third-order valence-electron chi connectivity index (χ3n) is 2.20. The van der Waals surface area contributed by atoms with E-state index in [4.69, 9.17) is 0 Å². The van der Waals surface area contributed by atoms with Gasteiger partial charge >= 0.3 is 6.18 Å². The van der Waals surface area contributed by atoms with Crippen LogP contribution in [0.3, 0.4) is 0 Å². The summed E-state index contributed by atoms with van der Waals surface area (Å²) in [5.41, 5.74) is -1.16. The normalized spacial score (nSPS) is 11.9. The number of hydrogen-bond donors (Lipinski definition) is 1. The number of benzene rings is 1. The predicted molar refractivity (Wildman–Crippen MR) is 58.9 cm³/mol. The van der Waals surface area contributed by atoms with Crippen LogP contribution in [0.15, 0.2) is 24.3 Å². The van der Waals surface area contributed by atoms with E-state index in [1.807, 2.05) is 13.8 Å². The molecule has 1 aromatic rings. The number of Topliss-reactive ketones (excluding diaryl/α,β-unsaturated/α-hetero) is 1. The Morgan fingerprint density at radius 3 is 2.41 bits per heavy atom. The van der Waals surface area contributed by atoms with Crippen LogP contribution in [-0.4, -0.2) is 18.4 Å². The first-order chi connectivity index (χ1) is 7.82. The molecule has 1 N–H and O–H groups in total. The van der Waals surface area contributed by atoms with Crippen molar-refractivity contribution in [2.75, 3.05) is 6.54 Å². The van der Waals surface area contributed by atoms with Crippen LogP contribution in [0.2, 0.25) is 0 Å². The lowest BCUT2D eigenvalue weighted by molar-refractivity contribution is -0.137. The first kappa shape index (κ1) is 13.7. The SMILES string of the molecule is CC(C)NCC(=O)c1ccccc1C(F)(F)F. The summed E-state index contributed by atoms with van der Waals surface area (Å²) in [7, 11) is 0. The molecule has 0 unspecified atom stereocenters. The van der Waals surface area contributed by atoms with E-state index in [1.54, 1.807) is 0 Å². The Morgan fingerprint density at radius 2 is 1.88 bits per heavy atom. The molecule has 1 rings (SSSR count). The predicted octanol–water partition coefficient (Wildman–Crippen LogP) is 2.89. The van der Waals surface area contributed by atoms with Gasteiger partial charge in [-0.05, 0) is 6.07 Å². The third kappa shape index (κ3) is 3.85. The number of carbonyl (C=O) groups is 1. The monoisotopic (exact) mass is 245 g/mol. The van der Waals surface area contributed by atoms with Crippen LogP contribution in [-0.2, 0) is 6.18 Å². The second-order valence-electron chi connectivity index (χ2n) is 4.00. The Balaban J connectivity index is 2.94. The van der Waals surface area contributed by atoms with Gasteiger partial charge in [0.15, 0.2) is 5.78 Å². The Hall–Kier alpha value is -1.36. The Morgan fingerprint density at radius 1 is 1.29 bits per heavy atom. The lowest BCUT2D eigenvalue weighted by atomic mass is 10.0. The summed E-state index contributed by atoms with van der Waals surface area (Å²) in [6.45, 7) is 3.55. The summed E-state index contributed by atoms with van der Waals surface area (Å²) in [5.74, 6) is -0.549. The summed E-state index contributed by atoms with van der Waals surface area (Å²) in [4.78, 5) is 11.7. The molecule has 2 nitrogen and oxygen atoms in total. The molecule has 1 aromatic carbocycles. The Bertz CT molecular complexity index is 399. The zero-order valence-corrected chi connectivity index (χ0v) is 9.64. The molecule has 0 aliphatic heterocycles. The molecule has 0 amide bonds. The highest BCUT2D eigenvalue weighted by Gasteiger charge is 2.34. The molecule has 0 aliphatic carbocycles. The van der Waals surface area contributed by atoms with Gasteiger partial charge < -0.3 is 5.32 Å². The number of halogens is 3. The van der Waals surface area contributed by atoms with Gasteiger partial charge in [0.2, 0.25) is 0 Å². The fourth-order valence-corrected chi connectivity index (χ4v) is 1.37. The molecule has 0 saturated heterocycles. The van der Waals surface area contributed by atoms with Crippen LogP contribution in [0.1, 0.15) is 29.8 Å². The number of alkyl halides is 3. The lowest BCUT2D eigenvalue weighted by Gasteiger charge is -2.13. The minimum atomic E-state index is -4.50. The van der Waals surface area contributed by atoms with Crippen LogP contribution in [0.4, 0.5) is 13.2 Å². The van der Waals surface area contributed by atoms with E-state index in [2.05, 4.69) is 5.32 Å². The molecular formula is C12H14F3NO. The summed E-state index contributed by atoms with van der Waals surface area (Å²) in [5, 5.41) is 2.81. The summed E-state index contributed by atoms with van der Waals surface area (Å²) in [6.07, 6.45) is -4.50. The quantitative estimate of drug-likeness (QED) is 0.826. The molecule has 0 saturated carbocycles. The minimum absolute atomic E-state index is 0.0528. The molecule has 0 radical (unpaired) electrons. The van der Waals surface area contributed by atoms with Crippen molar-refractivity contribution in [3.63, 3.8) is 0 Å². The Kier molecular flexibility index (Phi) is 4.28. The topological polar surface area (TPSA) is 29.1 Å². The molecule has 17 heavy (non-hydrogen) atoms. The van der Waals surface area contributed by atoms with Crippen molar-refractivity contribution in [3.8, 4) is 0 Å². The molecule has 5 heteroatoms. The second kappa shape index (κ2) is 5.31. The highest BCUT2D eigenvalue weighted by Crippen LogP contribution is 2.31. The van der Waals surface area contributed by atoms with E-state index >= 15 is 0 Å². The van der Waals surface area contributed by atoms with Crippen molar-refractivity contribution in [3.05, 3.63) is 35.4 Å². The van der Waals surface area contributed by atoms with Crippen molar-refractivity contribution >= 4 is 5.78 Å². The van der Waals surface area contributed by atoms with Gasteiger partial charge in [-0.25, -0.2) is 0 Å². The van der Waals surface area contributed by atoms with Crippen molar-refractivity contribution < 1.29 is 18.0 Å². The lowest BCUT2D eigenvalue weighted by Crippen LogP contribution is -2.30. The largest absolute Gasteiger partial charge is 0.417 e. The first-order valence-corrected chi connectivity index (χ1v) is 5.25. The van der Waals surface area contributed by atoms with Crippen molar-refractivity contribution in [2.24, 2.45) is 0 Å². The van der Waals surface area contributed by atoms with Crippen molar-refractivity contribution in [1.29, 1.82) is 0 Å². The van der Waals surface area contributed by atoms with Gasteiger partial charge in [-0.15, -0.1) is 0 Å². The minimum Gasteiger partial charge on any atom is -0.307 e. The van der Waals surface area contributed by atoms with Crippen LogP contribution in [0, 0.1) is 0 Å². The second-order valence-corrected chi connectivity index (χ2v) is 4.00. The van der Waals surface area contributed by atoms with Gasteiger partial charge in [0, 0.05) is 11.6 Å². The molecule has 0 fully saturated rings. The zero-order valence-electron chi connectivity index (χ0n) is 9.64. The maximum Gasteiger partial charge on any atom is 0.417 e. The molecule has 94 valence electrons. The summed E-state index contributed by atoms with van der Waals surface area (Å²) >= 11 is 0. The van der Waals surface area contributed by atoms with Gasteiger partial charge in [0.05, 0.1) is 12.1 Å². The fraction of sp³-hybridized carbons (Fsp3) is 0.417. The summed E-state index contributed by atoms with van der Waals surface area (Å²) < 4.78 is 37.9. The number of ketones is 1. The van der Waals surface area contributed by atoms with E-state index in [0.29, 0.717) is 0 Å². The first-order valence-electron chi connectivity index (χ1n) is 5.25. The smallest absolute Gasteiger partial charge is 0.307 e.